The minimum Gasteiger partial charge on any atom is -0.380 e. The van der Waals surface area contributed by atoms with Crippen LogP contribution in [0.3, 0.4) is 0 Å². The molecule has 0 heterocycles. The van der Waals surface area contributed by atoms with Gasteiger partial charge in [-0.3, -0.25) is 0 Å². The maximum Gasteiger partial charge on any atom is 0.101 e. The first-order valence-corrected chi connectivity index (χ1v) is 7.64. The van der Waals surface area contributed by atoms with Crippen molar-refractivity contribution in [2.45, 2.75) is 53.0 Å². The molecular formula is C18H24N2. The van der Waals surface area contributed by atoms with E-state index in [0.717, 1.165) is 17.2 Å². The zero-order valence-electron chi connectivity index (χ0n) is 13.0. The number of benzene rings is 1. The second-order valence-corrected chi connectivity index (χ2v) is 7.65. The first kappa shape index (κ1) is 13.5. The minimum atomic E-state index is 0.309. The summed E-state index contributed by atoms with van der Waals surface area (Å²) in [6.45, 7) is 9.28. The molecule has 2 aliphatic rings. The van der Waals surface area contributed by atoms with E-state index in [2.05, 4.69) is 45.1 Å². The summed E-state index contributed by atoms with van der Waals surface area (Å²) in [4.78, 5) is 0. The van der Waals surface area contributed by atoms with Gasteiger partial charge in [-0.25, -0.2) is 0 Å². The van der Waals surface area contributed by atoms with E-state index in [1.165, 1.54) is 24.8 Å². The van der Waals surface area contributed by atoms with Crippen molar-refractivity contribution in [2.75, 3.05) is 5.32 Å². The summed E-state index contributed by atoms with van der Waals surface area (Å²) < 4.78 is 0. The summed E-state index contributed by atoms with van der Waals surface area (Å²) in [6, 6.07) is 8.84. The number of nitrogens with zero attached hydrogens (tertiary/aromatic N) is 1. The van der Waals surface area contributed by atoms with Gasteiger partial charge in [-0.1, -0.05) is 26.8 Å². The average Bonchev–Trinajstić information content (AvgIpc) is 2.86. The fraction of sp³-hybridized carbons (Fsp3) is 0.611. The summed E-state index contributed by atoms with van der Waals surface area (Å²) in [5.74, 6) is 0.820. The number of rotatable bonds is 2. The second kappa shape index (κ2) is 4.25. The third-order valence-corrected chi connectivity index (χ3v) is 5.87. The van der Waals surface area contributed by atoms with Crippen LogP contribution in [0.4, 0.5) is 5.69 Å². The predicted octanol–water partition coefficient (Wildman–Crippen LogP) is 4.49. The summed E-state index contributed by atoms with van der Waals surface area (Å²) in [7, 11) is 0. The molecule has 3 atom stereocenters. The SMILES string of the molecule is Cc1ccc(C#N)c(NC2C3(C)CCC(C3)C2(C)C)c1. The molecule has 3 rings (SSSR count). The molecule has 2 bridgehead atoms. The fourth-order valence-corrected chi connectivity index (χ4v) is 4.69. The topological polar surface area (TPSA) is 35.8 Å². The van der Waals surface area contributed by atoms with E-state index in [1.54, 1.807) is 0 Å². The van der Waals surface area contributed by atoms with Crippen molar-refractivity contribution in [3.05, 3.63) is 29.3 Å². The smallest absolute Gasteiger partial charge is 0.101 e. The molecule has 0 aliphatic heterocycles. The van der Waals surface area contributed by atoms with Gasteiger partial charge >= 0.3 is 0 Å². The van der Waals surface area contributed by atoms with Crippen molar-refractivity contribution in [1.82, 2.24) is 0 Å². The molecule has 1 N–H and O–H groups in total. The molecule has 2 saturated carbocycles. The molecule has 2 nitrogen and oxygen atoms in total. The largest absolute Gasteiger partial charge is 0.380 e. The van der Waals surface area contributed by atoms with Crippen LogP contribution in [0.1, 0.15) is 51.2 Å². The van der Waals surface area contributed by atoms with Gasteiger partial charge in [0.1, 0.15) is 6.07 Å². The van der Waals surface area contributed by atoms with E-state index in [0.29, 0.717) is 16.9 Å². The van der Waals surface area contributed by atoms with Crippen molar-refractivity contribution < 1.29 is 0 Å². The van der Waals surface area contributed by atoms with Crippen molar-refractivity contribution in [1.29, 1.82) is 5.26 Å². The molecule has 0 radical (unpaired) electrons. The highest BCUT2D eigenvalue weighted by Crippen LogP contribution is 2.63. The van der Waals surface area contributed by atoms with Gasteiger partial charge in [-0.2, -0.15) is 5.26 Å². The third-order valence-electron chi connectivity index (χ3n) is 5.87. The van der Waals surface area contributed by atoms with Crippen LogP contribution in [-0.2, 0) is 0 Å². The minimum absolute atomic E-state index is 0.309. The van der Waals surface area contributed by atoms with E-state index >= 15 is 0 Å². The Bertz CT molecular complexity index is 577. The maximum absolute atomic E-state index is 9.32. The second-order valence-electron chi connectivity index (χ2n) is 7.65. The molecule has 0 spiro atoms. The van der Waals surface area contributed by atoms with Crippen molar-refractivity contribution in [3.8, 4) is 6.07 Å². The lowest BCUT2D eigenvalue weighted by molar-refractivity contribution is 0.155. The maximum atomic E-state index is 9.32. The quantitative estimate of drug-likeness (QED) is 0.857. The van der Waals surface area contributed by atoms with Crippen LogP contribution in [0.15, 0.2) is 18.2 Å². The first-order valence-electron chi connectivity index (χ1n) is 7.64. The lowest BCUT2D eigenvalue weighted by Crippen LogP contribution is -2.45. The van der Waals surface area contributed by atoms with Crippen LogP contribution in [0.2, 0.25) is 0 Å². The van der Waals surface area contributed by atoms with Crippen LogP contribution in [0.25, 0.3) is 0 Å². The van der Waals surface area contributed by atoms with Crippen LogP contribution >= 0.6 is 0 Å². The van der Waals surface area contributed by atoms with Gasteiger partial charge in [0.05, 0.1) is 11.3 Å². The highest BCUT2D eigenvalue weighted by molar-refractivity contribution is 5.60. The zero-order valence-corrected chi connectivity index (χ0v) is 13.0. The predicted molar refractivity (Wildman–Crippen MR) is 82.5 cm³/mol. The molecule has 1 aromatic rings. The molecule has 2 heteroatoms. The van der Waals surface area contributed by atoms with Crippen LogP contribution < -0.4 is 5.32 Å². The Labute approximate surface area is 122 Å². The molecule has 2 aliphatic carbocycles. The summed E-state index contributed by atoms with van der Waals surface area (Å²) in [6.07, 6.45) is 4.00. The number of nitrogens with one attached hydrogen (secondary N) is 1. The van der Waals surface area contributed by atoms with Crippen molar-refractivity contribution in [2.24, 2.45) is 16.7 Å². The molecular weight excluding hydrogens is 244 g/mol. The number of fused-ring (bicyclic) bond motifs is 2. The molecule has 20 heavy (non-hydrogen) atoms. The lowest BCUT2D eigenvalue weighted by atomic mass is 9.68. The lowest BCUT2D eigenvalue weighted by Gasteiger charge is -2.43. The van der Waals surface area contributed by atoms with Gasteiger partial charge in [0.25, 0.3) is 0 Å². The Hall–Kier alpha value is -1.49. The third kappa shape index (κ3) is 1.84. The first-order chi connectivity index (χ1) is 9.37. The van der Waals surface area contributed by atoms with E-state index in [9.17, 15) is 5.26 Å². The van der Waals surface area contributed by atoms with Crippen LogP contribution in [0.5, 0.6) is 0 Å². The zero-order chi connectivity index (χ0) is 14.5. The monoisotopic (exact) mass is 268 g/mol. The Balaban J connectivity index is 1.96. The van der Waals surface area contributed by atoms with Gasteiger partial charge in [-0.05, 0) is 60.6 Å². The number of hydrogen-bond donors (Lipinski definition) is 1. The number of nitriles is 1. The van der Waals surface area contributed by atoms with E-state index in [-0.39, 0.29) is 0 Å². The highest BCUT2D eigenvalue weighted by Gasteiger charge is 2.59. The number of anilines is 1. The number of aryl methyl sites for hydroxylation is 1. The normalized spacial score (nSPS) is 34.0. The Morgan fingerprint density at radius 1 is 1.30 bits per heavy atom. The van der Waals surface area contributed by atoms with E-state index in [4.69, 9.17) is 0 Å². The highest BCUT2D eigenvalue weighted by atomic mass is 15.0. The molecule has 106 valence electrons. The molecule has 0 amide bonds. The summed E-state index contributed by atoms with van der Waals surface area (Å²) in [5.41, 5.74) is 3.67. The summed E-state index contributed by atoms with van der Waals surface area (Å²) in [5, 5.41) is 13.1. The van der Waals surface area contributed by atoms with Crippen molar-refractivity contribution in [3.63, 3.8) is 0 Å². The molecule has 2 fully saturated rings. The van der Waals surface area contributed by atoms with E-state index < -0.39 is 0 Å². The van der Waals surface area contributed by atoms with Gasteiger partial charge in [-0.15, -0.1) is 0 Å². The molecule has 3 unspecified atom stereocenters. The molecule has 1 aromatic carbocycles. The van der Waals surface area contributed by atoms with Crippen LogP contribution in [-0.4, -0.2) is 6.04 Å². The van der Waals surface area contributed by atoms with Gasteiger partial charge < -0.3 is 5.32 Å². The Morgan fingerprint density at radius 3 is 2.65 bits per heavy atom. The van der Waals surface area contributed by atoms with Gasteiger partial charge in [0.15, 0.2) is 0 Å². The standard InChI is InChI=1S/C18H24N2/c1-12-5-6-13(11-19)15(9-12)20-16-17(2,3)14-7-8-18(16,4)10-14/h5-6,9,14,16,20H,7-8,10H2,1-4H3. The van der Waals surface area contributed by atoms with Gasteiger partial charge in [0.2, 0.25) is 0 Å². The van der Waals surface area contributed by atoms with E-state index in [1.807, 2.05) is 12.1 Å². The molecule has 0 saturated heterocycles. The average molecular weight is 268 g/mol. The molecule has 0 aromatic heterocycles. The Morgan fingerprint density at radius 2 is 2.05 bits per heavy atom. The Kier molecular flexibility index (Phi) is 2.87. The fourth-order valence-electron chi connectivity index (χ4n) is 4.69. The number of hydrogen-bond acceptors (Lipinski definition) is 2. The summed E-state index contributed by atoms with van der Waals surface area (Å²) >= 11 is 0. The van der Waals surface area contributed by atoms with Gasteiger partial charge in [0, 0.05) is 6.04 Å². The van der Waals surface area contributed by atoms with Crippen molar-refractivity contribution >= 4 is 5.69 Å². The van der Waals surface area contributed by atoms with Crippen LogP contribution in [0, 0.1) is 35.0 Å².